The van der Waals surface area contributed by atoms with E-state index in [-0.39, 0.29) is 36.6 Å². The number of nitrogens with two attached hydrogens (primary N) is 1. The lowest BCUT2D eigenvalue weighted by Crippen LogP contribution is -2.19. The van der Waals surface area contributed by atoms with Gasteiger partial charge < -0.3 is 20.7 Å². The summed E-state index contributed by atoms with van der Waals surface area (Å²) in [6, 6.07) is 6.41. The van der Waals surface area contributed by atoms with Crippen LogP contribution in [0.2, 0.25) is 0 Å². The fraction of sp³-hybridized carbons (Fsp3) is 0.389. The van der Waals surface area contributed by atoms with E-state index in [2.05, 4.69) is 10.1 Å². The summed E-state index contributed by atoms with van der Waals surface area (Å²) in [6.07, 6.45) is 3.28. The topological polar surface area (TPSA) is 158 Å². The Balaban J connectivity index is 0.000000706. The Hall–Kier alpha value is -3.27. The molecule has 2 fully saturated rings. The highest BCUT2D eigenvalue weighted by atomic mass is 16.5. The van der Waals surface area contributed by atoms with Crippen molar-refractivity contribution < 1.29 is 29.3 Å². The van der Waals surface area contributed by atoms with Crippen LogP contribution in [0, 0.1) is 0 Å². The van der Waals surface area contributed by atoms with Crippen LogP contribution < -0.4 is 5.73 Å². The Bertz CT molecular complexity index is 879. The number of hydrogen-bond donors (Lipinski definition) is 3. The number of amides is 1. The van der Waals surface area contributed by atoms with Crippen molar-refractivity contribution in [3.8, 4) is 5.69 Å². The fourth-order valence-electron chi connectivity index (χ4n) is 3.68. The molecule has 2 aliphatic rings. The normalized spacial score (nSPS) is 22.4. The predicted octanol–water partition coefficient (Wildman–Crippen LogP) is 0.729. The summed E-state index contributed by atoms with van der Waals surface area (Å²) < 4.78 is 7.60. The summed E-state index contributed by atoms with van der Waals surface area (Å²) in [7, 11) is 0. The molecule has 148 valence electrons. The highest BCUT2D eigenvalue weighted by Crippen LogP contribution is 2.44. The maximum Gasteiger partial charge on any atom is 0.335 e. The number of carbonyl (C=O) groups is 3. The zero-order chi connectivity index (χ0) is 20.3. The third-order valence-electron chi connectivity index (χ3n) is 4.80. The van der Waals surface area contributed by atoms with Crippen LogP contribution in [0.15, 0.2) is 24.3 Å². The van der Waals surface area contributed by atoms with Crippen LogP contribution in [0.25, 0.3) is 5.69 Å². The van der Waals surface area contributed by atoms with Crippen molar-refractivity contribution in [3.05, 3.63) is 41.5 Å². The minimum absolute atomic E-state index is 0.0329. The number of ether oxygens (including phenoxy) is 1. The maximum absolute atomic E-state index is 11.2. The van der Waals surface area contributed by atoms with Crippen molar-refractivity contribution in [1.82, 2.24) is 14.8 Å². The molecule has 1 aromatic carbocycles. The van der Waals surface area contributed by atoms with Crippen molar-refractivity contribution in [1.29, 1.82) is 0 Å². The quantitative estimate of drug-likeness (QED) is 0.632. The molecule has 2 saturated heterocycles. The van der Waals surface area contributed by atoms with E-state index in [9.17, 15) is 9.59 Å². The molecular formula is C18H20N4O6. The number of carbonyl (C=O) groups excluding carboxylic acids is 1. The third-order valence-corrected chi connectivity index (χ3v) is 4.80. The third kappa shape index (κ3) is 4.01. The Kier molecular flexibility index (Phi) is 5.69. The van der Waals surface area contributed by atoms with E-state index in [4.69, 9.17) is 25.5 Å². The Labute approximate surface area is 159 Å². The molecule has 28 heavy (non-hydrogen) atoms. The van der Waals surface area contributed by atoms with Crippen LogP contribution in [0.1, 0.15) is 47.2 Å². The SMILES string of the molecule is NC(=O)Cc1nc([C@H]2C[C@@H]3CC[C@H]2O3)n(-c2ccc(C(=O)O)cc2)n1.O=CO. The molecule has 3 atom stereocenters. The minimum atomic E-state index is -0.985. The summed E-state index contributed by atoms with van der Waals surface area (Å²) in [6.45, 7) is -0.250. The Morgan fingerprint density at radius 3 is 2.46 bits per heavy atom. The van der Waals surface area contributed by atoms with Gasteiger partial charge in [-0.2, -0.15) is 5.10 Å². The van der Waals surface area contributed by atoms with E-state index in [1.165, 1.54) is 12.1 Å². The molecule has 1 aromatic heterocycles. The first-order chi connectivity index (χ1) is 13.4. The summed E-state index contributed by atoms with van der Waals surface area (Å²) in [5, 5.41) is 20.4. The second-order valence-electron chi connectivity index (χ2n) is 6.61. The zero-order valence-electron chi connectivity index (χ0n) is 14.9. The lowest BCUT2D eigenvalue weighted by Gasteiger charge is -2.18. The Morgan fingerprint density at radius 1 is 1.29 bits per heavy atom. The number of primary amides is 1. The van der Waals surface area contributed by atoms with E-state index >= 15 is 0 Å². The van der Waals surface area contributed by atoms with Crippen LogP contribution in [-0.2, 0) is 20.7 Å². The van der Waals surface area contributed by atoms with Gasteiger partial charge in [0.05, 0.1) is 29.9 Å². The lowest BCUT2D eigenvalue weighted by atomic mass is 9.88. The van der Waals surface area contributed by atoms with Gasteiger partial charge in [0.2, 0.25) is 5.91 Å². The molecular weight excluding hydrogens is 368 g/mol. The number of aromatic nitrogens is 3. The molecule has 10 nitrogen and oxygen atoms in total. The van der Waals surface area contributed by atoms with Gasteiger partial charge in [0.15, 0.2) is 5.82 Å². The lowest BCUT2D eigenvalue weighted by molar-refractivity contribution is -0.123. The molecule has 0 spiro atoms. The number of rotatable bonds is 5. The number of benzene rings is 1. The smallest absolute Gasteiger partial charge is 0.335 e. The van der Waals surface area contributed by atoms with Gasteiger partial charge in [0.1, 0.15) is 5.82 Å². The summed E-state index contributed by atoms with van der Waals surface area (Å²) in [4.78, 5) is 35.2. The summed E-state index contributed by atoms with van der Waals surface area (Å²) >= 11 is 0. The number of carboxylic acid groups (broad SMARTS) is 2. The van der Waals surface area contributed by atoms with Gasteiger partial charge in [-0.15, -0.1) is 0 Å². The van der Waals surface area contributed by atoms with Crippen LogP contribution in [0.3, 0.4) is 0 Å². The molecule has 2 aliphatic heterocycles. The van der Waals surface area contributed by atoms with Crippen molar-refractivity contribution >= 4 is 18.3 Å². The molecule has 0 saturated carbocycles. The number of aromatic carboxylic acids is 1. The van der Waals surface area contributed by atoms with E-state index in [0.717, 1.165) is 25.1 Å². The summed E-state index contributed by atoms with van der Waals surface area (Å²) in [5.41, 5.74) is 6.17. The Morgan fingerprint density at radius 2 is 1.96 bits per heavy atom. The van der Waals surface area contributed by atoms with Crippen LogP contribution in [-0.4, -0.2) is 55.5 Å². The van der Waals surface area contributed by atoms with E-state index in [1.54, 1.807) is 16.8 Å². The molecule has 2 aromatic rings. The van der Waals surface area contributed by atoms with Crippen molar-refractivity contribution in [2.45, 2.75) is 43.8 Å². The highest BCUT2D eigenvalue weighted by Gasteiger charge is 2.44. The van der Waals surface area contributed by atoms with Crippen LogP contribution >= 0.6 is 0 Å². The molecule has 0 aliphatic carbocycles. The van der Waals surface area contributed by atoms with Crippen molar-refractivity contribution in [2.75, 3.05) is 0 Å². The van der Waals surface area contributed by atoms with Crippen molar-refractivity contribution in [3.63, 3.8) is 0 Å². The van der Waals surface area contributed by atoms with E-state index in [1.807, 2.05) is 0 Å². The van der Waals surface area contributed by atoms with E-state index < -0.39 is 11.9 Å². The first-order valence-electron chi connectivity index (χ1n) is 8.74. The van der Waals surface area contributed by atoms with Gasteiger partial charge in [0.25, 0.3) is 6.47 Å². The molecule has 10 heteroatoms. The zero-order valence-corrected chi connectivity index (χ0v) is 14.9. The van der Waals surface area contributed by atoms with Gasteiger partial charge in [-0.3, -0.25) is 9.59 Å². The molecule has 4 N–H and O–H groups in total. The van der Waals surface area contributed by atoms with Crippen molar-refractivity contribution in [2.24, 2.45) is 5.73 Å². The average Bonchev–Trinajstić information content (AvgIpc) is 3.37. The highest BCUT2D eigenvalue weighted by molar-refractivity contribution is 5.87. The van der Waals surface area contributed by atoms with Crippen LogP contribution in [0.5, 0.6) is 0 Å². The largest absolute Gasteiger partial charge is 0.483 e. The van der Waals surface area contributed by atoms with Gasteiger partial charge >= 0.3 is 5.97 Å². The fourth-order valence-corrected chi connectivity index (χ4v) is 3.68. The first kappa shape index (κ1) is 19.5. The molecule has 0 radical (unpaired) electrons. The van der Waals surface area contributed by atoms with Gasteiger partial charge in [-0.1, -0.05) is 0 Å². The number of fused-ring (bicyclic) bond motifs is 2. The molecule has 2 bridgehead atoms. The average molecular weight is 388 g/mol. The standard InChI is InChI=1S/C17H18N4O4.CH2O2/c18-14(22)8-15-19-16(12-7-11-5-6-13(12)25-11)21(20-15)10-3-1-9(2-4-10)17(23)24;2-1-3/h1-4,11-13H,5-8H2,(H2,18,22)(H,23,24);1H,(H,2,3)/t11-,12-,13+;/m0./s1. The van der Waals surface area contributed by atoms with Crippen LogP contribution in [0.4, 0.5) is 0 Å². The second kappa shape index (κ2) is 8.17. The monoisotopic (exact) mass is 388 g/mol. The first-order valence-corrected chi connectivity index (χ1v) is 8.74. The molecule has 3 heterocycles. The van der Waals surface area contributed by atoms with Gasteiger partial charge in [-0.25, -0.2) is 14.5 Å². The van der Waals surface area contributed by atoms with Gasteiger partial charge in [0, 0.05) is 5.92 Å². The summed E-state index contributed by atoms with van der Waals surface area (Å²) in [5.74, 6) is -0.249. The predicted molar refractivity (Wildman–Crippen MR) is 95.2 cm³/mol. The van der Waals surface area contributed by atoms with E-state index in [0.29, 0.717) is 11.5 Å². The number of hydrogen-bond acceptors (Lipinski definition) is 6. The molecule has 4 rings (SSSR count). The molecule has 0 unspecified atom stereocenters. The molecule has 1 amide bonds. The second-order valence-corrected chi connectivity index (χ2v) is 6.61. The minimum Gasteiger partial charge on any atom is -0.483 e. The number of carboxylic acids is 1. The number of nitrogens with zero attached hydrogens (tertiary/aromatic N) is 3. The van der Waals surface area contributed by atoms with Gasteiger partial charge in [-0.05, 0) is 43.5 Å². The maximum atomic E-state index is 11.2.